The van der Waals surface area contributed by atoms with Gasteiger partial charge < -0.3 is 88.9 Å². The number of quaternary nitrogens is 2. The van der Waals surface area contributed by atoms with Crippen molar-refractivity contribution in [2.75, 3.05) is 0 Å². The van der Waals surface area contributed by atoms with Crippen LogP contribution in [-0.4, -0.2) is 25.4 Å². The van der Waals surface area contributed by atoms with Gasteiger partial charge in [0.15, 0.2) is 0 Å². The van der Waals surface area contributed by atoms with E-state index in [1.807, 2.05) is 0 Å². The van der Waals surface area contributed by atoms with Crippen molar-refractivity contribution >= 4 is 0 Å². The van der Waals surface area contributed by atoms with E-state index < -0.39 is 25.4 Å². The van der Waals surface area contributed by atoms with Gasteiger partial charge in [-0.15, -0.1) is 0 Å². The van der Waals surface area contributed by atoms with Gasteiger partial charge >= 0.3 is 35.6 Å². The predicted octanol–water partition coefficient (Wildman–Crippen LogP) is -0.443. The molecule has 0 aliphatic heterocycles. The van der Waals surface area contributed by atoms with E-state index in [0.717, 1.165) is 0 Å². The maximum atomic E-state index is 8.25. The second-order valence-electron chi connectivity index (χ2n) is 1.12. The molecule has 0 atom stereocenters. The largest absolute Gasteiger partial charge is 3.00 e. The first-order valence-corrected chi connectivity index (χ1v) is 2.74. The van der Waals surface area contributed by atoms with Gasteiger partial charge in [0.2, 0.25) is 0 Å². The Labute approximate surface area is 150 Å². The molecule has 0 rings (SSSR count). The van der Waals surface area contributed by atoms with Crippen LogP contribution in [0.2, 0.25) is 0 Å². The molecule has 0 heterocycles. The fourth-order valence-electron chi connectivity index (χ4n) is 0. The molecule has 22 nitrogen and oxygen atoms in total. The van der Waals surface area contributed by atoms with Crippen LogP contribution in [0.15, 0.2) is 0 Å². The summed E-state index contributed by atoms with van der Waals surface area (Å²) in [6, 6.07) is 0. The first-order chi connectivity index (χ1) is 8.66. The Balaban J connectivity index is -0.0000000197. The van der Waals surface area contributed by atoms with Crippen molar-refractivity contribution in [3.05, 3.63) is 76.6 Å². The van der Waals surface area contributed by atoms with Gasteiger partial charge in [0.25, 0.3) is 0 Å². The Morgan fingerprint density at radius 1 is 0.348 bits per heavy atom. The van der Waals surface area contributed by atoms with Crippen LogP contribution in [0.3, 0.4) is 0 Å². The smallest absolute Gasteiger partial charge is 0.369 e. The molecule has 0 bridgehead atoms. The maximum Gasteiger partial charge on any atom is 3.00 e. The summed E-state index contributed by atoms with van der Waals surface area (Å²) in [5.41, 5.74) is 0. The van der Waals surface area contributed by atoms with Gasteiger partial charge in [0, 0.05) is 0 Å². The van der Waals surface area contributed by atoms with Crippen molar-refractivity contribution in [1.29, 1.82) is 0 Å². The van der Waals surface area contributed by atoms with Gasteiger partial charge in [-0.05, 0) is 0 Å². The van der Waals surface area contributed by atoms with Crippen molar-refractivity contribution < 1.29 is 61.0 Å². The minimum atomic E-state index is -1.75. The summed E-state index contributed by atoms with van der Waals surface area (Å²) in [5.74, 6) is 0. The molecule has 136 valence electrons. The van der Waals surface area contributed by atoms with Gasteiger partial charge in [0.05, 0.1) is 25.4 Å². The van der Waals surface area contributed by atoms with Gasteiger partial charge in [-0.25, -0.2) is 0 Å². The third-order valence-corrected chi connectivity index (χ3v) is 0. The van der Waals surface area contributed by atoms with Crippen molar-refractivity contribution in [1.82, 2.24) is 12.3 Å². The van der Waals surface area contributed by atoms with Gasteiger partial charge in [-0.1, -0.05) is 0 Å². The van der Waals surface area contributed by atoms with Crippen LogP contribution in [-0.2, 0) is 0 Å². The number of nitrogens with zero attached hydrogens (tertiary/aromatic N) is 5. The predicted molar refractivity (Wildman–Crippen MR) is 63.8 cm³/mol. The fourth-order valence-corrected chi connectivity index (χ4v) is 0. The quantitative estimate of drug-likeness (QED) is 0.324. The van der Waals surface area contributed by atoms with Crippen molar-refractivity contribution in [2.45, 2.75) is 0 Å². The summed E-state index contributed by atoms with van der Waals surface area (Å²) >= 11 is 0. The molecule has 0 aliphatic rings. The summed E-state index contributed by atoms with van der Waals surface area (Å²) in [6.45, 7) is 0. The third kappa shape index (κ3) is 673. The molecule has 8 N–H and O–H groups in total. The average Bonchev–Trinajstić information content (AvgIpc) is 1.94. The minimum absolute atomic E-state index is 0. The summed E-state index contributed by atoms with van der Waals surface area (Å²) < 4.78 is 0. The first-order valence-electron chi connectivity index (χ1n) is 2.74. The molecule has 0 spiro atoms. The Hall–Kier alpha value is -2.89. The van der Waals surface area contributed by atoms with Crippen molar-refractivity contribution in [3.8, 4) is 0 Å². The average molecular weight is 485 g/mol. The van der Waals surface area contributed by atoms with Gasteiger partial charge in [-0.3, -0.25) is 0 Å². The number of hydrogen-bond acceptors (Lipinski definition) is 15. The van der Waals surface area contributed by atoms with Gasteiger partial charge in [0.1, 0.15) is 0 Å². The van der Waals surface area contributed by atoms with Crippen LogP contribution in [0.25, 0.3) is 0 Å². The monoisotopic (exact) mass is 485 g/mol. The SMILES string of the molecule is O=[N+]([O-])[O-].O=[N+]([O-])[O-].O=[N+]([O-])[O-].O=[N+]([O-])[O-].O=[N+]([O-])[O-].[La+3].[NH4+].[NH4+]. The Morgan fingerprint density at radius 2 is 0.348 bits per heavy atom. The van der Waals surface area contributed by atoms with E-state index in [1.165, 1.54) is 0 Å². The summed E-state index contributed by atoms with van der Waals surface area (Å²) in [6.07, 6.45) is 0. The number of rotatable bonds is 0. The van der Waals surface area contributed by atoms with E-state index in [9.17, 15) is 0 Å². The van der Waals surface area contributed by atoms with E-state index >= 15 is 0 Å². The summed E-state index contributed by atoms with van der Waals surface area (Å²) in [7, 11) is 0. The van der Waals surface area contributed by atoms with Gasteiger partial charge in [-0.2, -0.15) is 0 Å². The molecule has 0 aliphatic carbocycles. The maximum absolute atomic E-state index is 8.25. The normalized spacial score (nSPS) is 5.22. The second kappa shape index (κ2) is 42.7. The van der Waals surface area contributed by atoms with Crippen LogP contribution in [0.4, 0.5) is 0 Å². The Morgan fingerprint density at radius 3 is 0.348 bits per heavy atom. The third-order valence-electron chi connectivity index (χ3n) is 0. The zero-order chi connectivity index (χ0) is 17.9. The van der Waals surface area contributed by atoms with E-state index in [1.54, 1.807) is 0 Å². The van der Waals surface area contributed by atoms with E-state index in [4.69, 9.17) is 76.6 Å². The van der Waals surface area contributed by atoms with E-state index in [-0.39, 0.29) is 47.9 Å². The molecule has 0 aromatic carbocycles. The Kier molecular flexibility index (Phi) is 93.0. The van der Waals surface area contributed by atoms with Crippen molar-refractivity contribution in [3.63, 3.8) is 0 Å². The molecule has 0 amide bonds. The molecule has 0 fully saturated rings. The van der Waals surface area contributed by atoms with Crippen LogP contribution in [0.5, 0.6) is 0 Å². The molecule has 0 saturated carbocycles. The number of hydrogen-bond donors (Lipinski definition) is 2. The van der Waals surface area contributed by atoms with E-state index in [2.05, 4.69) is 0 Å². The summed E-state index contributed by atoms with van der Waals surface area (Å²) in [4.78, 5) is 41.2. The topological polar surface area (TPSA) is 404 Å². The van der Waals surface area contributed by atoms with Crippen LogP contribution in [0, 0.1) is 112 Å². The zero-order valence-electron chi connectivity index (χ0n) is 10.9. The molecule has 0 radical (unpaired) electrons. The molecule has 0 aromatic heterocycles. The molecule has 23 heteroatoms. The fraction of sp³-hybridized carbons (Fsp3) is 0. The molecular formula is H8LaN7O15. The standard InChI is InChI=1S/La.5NO3.2H3N/c;5*2-1(3)4;;/h;;;;;;2*1H3/q+3;5*-1;;/p+2. The minimum Gasteiger partial charge on any atom is -0.369 e. The molecule has 0 aromatic rings. The van der Waals surface area contributed by atoms with Crippen molar-refractivity contribution in [2.24, 2.45) is 0 Å². The molecule has 23 heavy (non-hydrogen) atoms. The zero-order valence-corrected chi connectivity index (χ0v) is 14.6. The van der Waals surface area contributed by atoms with Crippen LogP contribution in [0.1, 0.15) is 0 Å². The summed E-state index contributed by atoms with van der Waals surface area (Å²) in [5, 5.41) is 73.8. The van der Waals surface area contributed by atoms with Crippen LogP contribution >= 0.6 is 0 Å². The molecular weight excluding hydrogens is 477 g/mol. The molecule has 0 unspecified atom stereocenters. The van der Waals surface area contributed by atoms with E-state index in [0.29, 0.717) is 0 Å². The second-order valence-corrected chi connectivity index (χ2v) is 1.12. The Bertz CT molecular complexity index is 211. The first kappa shape index (κ1) is 50.1. The molecule has 0 saturated heterocycles. The van der Waals surface area contributed by atoms with Crippen LogP contribution < -0.4 is 12.3 Å².